The zero-order valence-electron chi connectivity index (χ0n) is 8.57. The molecule has 0 saturated carbocycles. The van der Waals surface area contributed by atoms with E-state index in [0.29, 0.717) is 0 Å². The summed E-state index contributed by atoms with van der Waals surface area (Å²) < 4.78 is 1.06. The molecule has 1 heterocycles. The molecule has 1 unspecified atom stereocenters. The van der Waals surface area contributed by atoms with Gasteiger partial charge in [-0.2, -0.15) is 0 Å². The van der Waals surface area contributed by atoms with Gasteiger partial charge in [-0.3, -0.25) is 4.98 Å². The highest BCUT2D eigenvalue weighted by molar-refractivity contribution is 9.10. The first-order chi connectivity index (χ1) is 7.16. The first-order valence-electron chi connectivity index (χ1n) is 4.95. The number of rotatable bonds is 2. The highest BCUT2D eigenvalue weighted by Crippen LogP contribution is 2.21. The number of benzene rings is 1. The van der Waals surface area contributed by atoms with Crippen LogP contribution in [0.2, 0.25) is 0 Å². The third-order valence-corrected chi connectivity index (χ3v) is 2.83. The number of fused-ring (bicyclic) bond motifs is 1. The standard InChI is InChI=1S/C12H13BrN2/c1-8(14)6-9-4-5-15-12-7-10(13)2-3-11(9)12/h2-5,7-8H,6,14H2,1H3. The third kappa shape index (κ3) is 2.36. The number of aromatic nitrogens is 1. The van der Waals surface area contributed by atoms with Gasteiger partial charge in [-0.15, -0.1) is 0 Å². The van der Waals surface area contributed by atoms with E-state index < -0.39 is 0 Å². The predicted molar refractivity (Wildman–Crippen MR) is 66.8 cm³/mol. The average Bonchev–Trinajstić information content (AvgIpc) is 2.16. The van der Waals surface area contributed by atoms with E-state index in [1.807, 2.05) is 31.3 Å². The van der Waals surface area contributed by atoms with E-state index in [0.717, 1.165) is 16.4 Å². The molecule has 0 aliphatic rings. The molecule has 2 rings (SSSR count). The van der Waals surface area contributed by atoms with Crippen LogP contribution in [0.15, 0.2) is 34.9 Å². The number of nitrogens with two attached hydrogens (primary N) is 1. The van der Waals surface area contributed by atoms with Crippen molar-refractivity contribution in [2.75, 3.05) is 0 Å². The number of hydrogen-bond acceptors (Lipinski definition) is 2. The maximum Gasteiger partial charge on any atom is 0.0715 e. The van der Waals surface area contributed by atoms with Gasteiger partial charge in [0.2, 0.25) is 0 Å². The highest BCUT2D eigenvalue weighted by Gasteiger charge is 2.04. The summed E-state index contributed by atoms with van der Waals surface area (Å²) in [6.45, 7) is 2.02. The second-order valence-electron chi connectivity index (χ2n) is 3.81. The van der Waals surface area contributed by atoms with Gasteiger partial charge in [-0.25, -0.2) is 0 Å². The third-order valence-electron chi connectivity index (χ3n) is 2.34. The molecule has 2 N–H and O–H groups in total. The summed E-state index contributed by atoms with van der Waals surface area (Å²) in [5.41, 5.74) is 8.10. The first-order valence-corrected chi connectivity index (χ1v) is 5.75. The Morgan fingerprint density at radius 3 is 2.93 bits per heavy atom. The molecule has 3 heteroatoms. The van der Waals surface area contributed by atoms with Gasteiger partial charge in [0, 0.05) is 22.1 Å². The van der Waals surface area contributed by atoms with Crippen molar-refractivity contribution in [3.63, 3.8) is 0 Å². The van der Waals surface area contributed by atoms with Crippen molar-refractivity contribution in [1.82, 2.24) is 4.98 Å². The Morgan fingerprint density at radius 1 is 1.40 bits per heavy atom. The minimum atomic E-state index is 0.180. The molecule has 78 valence electrons. The van der Waals surface area contributed by atoms with Crippen molar-refractivity contribution in [3.05, 3.63) is 40.5 Å². The van der Waals surface area contributed by atoms with E-state index in [-0.39, 0.29) is 6.04 Å². The molecular formula is C12H13BrN2. The van der Waals surface area contributed by atoms with Crippen LogP contribution >= 0.6 is 15.9 Å². The van der Waals surface area contributed by atoms with Gasteiger partial charge >= 0.3 is 0 Å². The van der Waals surface area contributed by atoms with Crippen LogP contribution in [0.1, 0.15) is 12.5 Å². The molecule has 0 saturated heterocycles. The molecule has 15 heavy (non-hydrogen) atoms. The number of halogens is 1. The normalized spacial score (nSPS) is 13.0. The maximum atomic E-state index is 5.82. The van der Waals surface area contributed by atoms with E-state index in [1.165, 1.54) is 10.9 Å². The highest BCUT2D eigenvalue weighted by atomic mass is 79.9. The minimum Gasteiger partial charge on any atom is -0.328 e. The Labute approximate surface area is 97.6 Å². The molecule has 1 atom stereocenters. The molecule has 2 aromatic rings. The Balaban J connectivity index is 2.56. The predicted octanol–water partition coefficient (Wildman–Crippen LogP) is 2.89. The van der Waals surface area contributed by atoms with Crippen molar-refractivity contribution >= 4 is 26.8 Å². The lowest BCUT2D eigenvalue weighted by molar-refractivity contribution is 0.741. The number of pyridine rings is 1. The van der Waals surface area contributed by atoms with E-state index >= 15 is 0 Å². The zero-order chi connectivity index (χ0) is 10.8. The summed E-state index contributed by atoms with van der Waals surface area (Å²) in [6, 6.07) is 8.37. The quantitative estimate of drug-likeness (QED) is 0.906. The molecule has 0 fully saturated rings. The van der Waals surface area contributed by atoms with Crippen LogP contribution in [0.3, 0.4) is 0 Å². The largest absolute Gasteiger partial charge is 0.328 e. The zero-order valence-corrected chi connectivity index (χ0v) is 10.2. The lowest BCUT2D eigenvalue weighted by Crippen LogP contribution is -2.17. The van der Waals surface area contributed by atoms with Gasteiger partial charge in [-0.05, 0) is 37.1 Å². The van der Waals surface area contributed by atoms with Crippen LogP contribution < -0.4 is 5.73 Å². The number of hydrogen-bond donors (Lipinski definition) is 1. The van der Waals surface area contributed by atoms with Gasteiger partial charge in [-0.1, -0.05) is 22.0 Å². The molecule has 1 aromatic carbocycles. The fourth-order valence-corrected chi connectivity index (χ4v) is 2.05. The van der Waals surface area contributed by atoms with Gasteiger partial charge in [0.15, 0.2) is 0 Å². The number of nitrogens with zero attached hydrogens (tertiary/aromatic N) is 1. The van der Waals surface area contributed by atoms with Crippen molar-refractivity contribution in [3.8, 4) is 0 Å². The Kier molecular flexibility index (Phi) is 3.03. The second-order valence-corrected chi connectivity index (χ2v) is 4.73. The molecule has 0 aliphatic carbocycles. The molecule has 1 aromatic heterocycles. The average molecular weight is 265 g/mol. The smallest absolute Gasteiger partial charge is 0.0715 e. The molecule has 0 aliphatic heterocycles. The van der Waals surface area contributed by atoms with Crippen LogP contribution in [0.4, 0.5) is 0 Å². The topological polar surface area (TPSA) is 38.9 Å². The van der Waals surface area contributed by atoms with E-state index in [9.17, 15) is 0 Å². The molecule has 0 bridgehead atoms. The SMILES string of the molecule is CC(N)Cc1ccnc2cc(Br)ccc12. The Morgan fingerprint density at radius 2 is 2.20 bits per heavy atom. The minimum absolute atomic E-state index is 0.180. The van der Waals surface area contributed by atoms with E-state index in [1.54, 1.807) is 0 Å². The van der Waals surface area contributed by atoms with Crippen molar-refractivity contribution in [1.29, 1.82) is 0 Å². The lowest BCUT2D eigenvalue weighted by Gasteiger charge is -2.08. The van der Waals surface area contributed by atoms with Crippen molar-refractivity contribution in [2.45, 2.75) is 19.4 Å². The summed E-state index contributed by atoms with van der Waals surface area (Å²) in [5.74, 6) is 0. The monoisotopic (exact) mass is 264 g/mol. The molecule has 0 radical (unpaired) electrons. The van der Waals surface area contributed by atoms with Gasteiger partial charge < -0.3 is 5.73 Å². The Bertz CT molecular complexity index is 480. The van der Waals surface area contributed by atoms with Gasteiger partial charge in [0.1, 0.15) is 0 Å². The summed E-state index contributed by atoms with van der Waals surface area (Å²) >= 11 is 3.44. The van der Waals surface area contributed by atoms with E-state index in [4.69, 9.17) is 5.73 Å². The summed E-state index contributed by atoms with van der Waals surface area (Å²) in [7, 11) is 0. The maximum absolute atomic E-state index is 5.82. The summed E-state index contributed by atoms with van der Waals surface area (Å²) in [6.07, 6.45) is 2.73. The molecule has 0 spiro atoms. The Hall–Kier alpha value is -0.930. The fourth-order valence-electron chi connectivity index (χ4n) is 1.71. The van der Waals surface area contributed by atoms with Crippen LogP contribution in [-0.4, -0.2) is 11.0 Å². The van der Waals surface area contributed by atoms with Crippen molar-refractivity contribution < 1.29 is 0 Å². The van der Waals surface area contributed by atoms with Crippen LogP contribution in [0.5, 0.6) is 0 Å². The molecular weight excluding hydrogens is 252 g/mol. The second kappa shape index (κ2) is 4.29. The van der Waals surface area contributed by atoms with Gasteiger partial charge in [0.05, 0.1) is 5.52 Å². The summed E-state index contributed by atoms with van der Waals surface area (Å²) in [4.78, 5) is 4.34. The molecule has 0 amide bonds. The van der Waals surface area contributed by atoms with Crippen molar-refractivity contribution in [2.24, 2.45) is 5.73 Å². The van der Waals surface area contributed by atoms with Crippen LogP contribution in [0, 0.1) is 0 Å². The fraction of sp³-hybridized carbons (Fsp3) is 0.250. The van der Waals surface area contributed by atoms with E-state index in [2.05, 4.69) is 27.0 Å². The lowest BCUT2D eigenvalue weighted by atomic mass is 10.0. The van der Waals surface area contributed by atoms with Crippen LogP contribution in [0.25, 0.3) is 10.9 Å². The van der Waals surface area contributed by atoms with Crippen LogP contribution in [-0.2, 0) is 6.42 Å². The van der Waals surface area contributed by atoms with Gasteiger partial charge in [0.25, 0.3) is 0 Å². The molecule has 2 nitrogen and oxygen atoms in total. The summed E-state index contributed by atoms with van der Waals surface area (Å²) in [5, 5.41) is 1.19. The first kappa shape index (κ1) is 10.6.